The van der Waals surface area contributed by atoms with E-state index in [0.29, 0.717) is 12.5 Å². The van der Waals surface area contributed by atoms with Crippen LogP contribution in [0.25, 0.3) is 5.65 Å². The number of halogens is 1. The van der Waals surface area contributed by atoms with Gasteiger partial charge in [-0.3, -0.25) is 0 Å². The van der Waals surface area contributed by atoms with Gasteiger partial charge in [-0.25, -0.2) is 9.50 Å². The molecule has 2 aromatic rings. The molecule has 0 aromatic carbocycles. The van der Waals surface area contributed by atoms with Gasteiger partial charge in [0.15, 0.2) is 5.65 Å². The molecule has 1 aliphatic rings. The van der Waals surface area contributed by atoms with Gasteiger partial charge in [0.1, 0.15) is 4.60 Å². The smallest absolute Gasteiger partial charge is 0.231 e. The quantitative estimate of drug-likeness (QED) is 0.762. The van der Waals surface area contributed by atoms with Crippen LogP contribution < -0.4 is 4.74 Å². The average Bonchev–Trinajstić information content (AvgIpc) is 2.87. The van der Waals surface area contributed by atoms with Crippen LogP contribution in [0, 0.1) is 0 Å². The molecule has 0 N–H and O–H groups in total. The molecule has 21 heavy (non-hydrogen) atoms. The first kappa shape index (κ1) is 14.7. The van der Waals surface area contributed by atoms with Crippen LogP contribution >= 0.6 is 15.9 Å². The number of hydrogen-bond donors (Lipinski definition) is 0. The van der Waals surface area contributed by atoms with Crippen molar-refractivity contribution < 1.29 is 4.74 Å². The van der Waals surface area contributed by atoms with E-state index in [9.17, 15) is 0 Å². The number of ether oxygens (including phenoxy) is 1. The van der Waals surface area contributed by atoms with Gasteiger partial charge in [-0.05, 0) is 35.5 Å². The fraction of sp³-hybridized carbons (Fsp3) is 0.571. The van der Waals surface area contributed by atoms with E-state index in [2.05, 4.69) is 42.9 Å². The minimum Gasteiger partial charge on any atom is -0.477 e. The van der Waals surface area contributed by atoms with E-state index in [1.807, 2.05) is 12.1 Å². The second-order valence-electron chi connectivity index (χ2n) is 5.37. The Morgan fingerprint density at radius 1 is 1.24 bits per heavy atom. The number of piperazine rings is 1. The lowest BCUT2D eigenvalue weighted by Gasteiger charge is -2.32. The van der Waals surface area contributed by atoms with E-state index in [1.165, 1.54) is 0 Å². The fourth-order valence-electron chi connectivity index (χ4n) is 2.44. The zero-order chi connectivity index (χ0) is 14.7. The first-order chi connectivity index (χ1) is 10.2. The summed E-state index contributed by atoms with van der Waals surface area (Å²) in [5, 5.41) is 4.39. The molecule has 0 spiro atoms. The number of rotatable bonds is 5. The highest BCUT2D eigenvalue weighted by Gasteiger charge is 2.12. The Labute approximate surface area is 132 Å². The van der Waals surface area contributed by atoms with E-state index in [-0.39, 0.29) is 0 Å². The van der Waals surface area contributed by atoms with Crippen molar-refractivity contribution in [1.82, 2.24) is 24.4 Å². The molecule has 0 amide bonds. The molecule has 6 nitrogen and oxygen atoms in total. The SMILES string of the molecule is CN1CCN(CCCOc2ccc3ncc(Br)n3n2)CC1. The number of likely N-dealkylation sites (N-methyl/N-ethyl adjacent to an activating group) is 1. The van der Waals surface area contributed by atoms with Crippen molar-refractivity contribution in [2.75, 3.05) is 46.4 Å². The minimum atomic E-state index is 0.638. The van der Waals surface area contributed by atoms with Crippen LogP contribution in [0.15, 0.2) is 22.9 Å². The van der Waals surface area contributed by atoms with Gasteiger partial charge in [-0.1, -0.05) is 0 Å². The highest BCUT2D eigenvalue weighted by atomic mass is 79.9. The number of aromatic nitrogens is 3. The van der Waals surface area contributed by atoms with Crippen molar-refractivity contribution >= 4 is 21.6 Å². The molecular formula is C14H20BrN5O. The molecule has 1 aliphatic heterocycles. The molecule has 3 rings (SSSR count). The highest BCUT2D eigenvalue weighted by Crippen LogP contribution is 2.14. The van der Waals surface area contributed by atoms with Crippen LogP contribution in [-0.4, -0.2) is 70.8 Å². The molecule has 0 radical (unpaired) electrons. The molecule has 0 bridgehead atoms. The van der Waals surface area contributed by atoms with E-state index >= 15 is 0 Å². The van der Waals surface area contributed by atoms with Crippen molar-refractivity contribution in [2.45, 2.75) is 6.42 Å². The van der Waals surface area contributed by atoms with Crippen molar-refractivity contribution in [3.05, 3.63) is 22.9 Å². The van der Waals surface area contributed by atoms with E-state index in [0.717, 1.165) is 49.4 Å². The monoisotopic (exact) mass is 353 g/mol. The van der Waals surface area contributed by atoms with Gasteiger partial charge in [-0.2, -0.15) is 0 Å². The molecule has 114 valence electrons. The summed E-state index contributed by atoms with van der Waals surface area (Å²) in [6.45, 7) is 6.41. The topological polar surface area (TPSA) is 45.9 Å². The van der Waals surface area contributed by atoms with Crippen molar-refractivity contribution in [3.63, 3.8) is 0 Å². The first-order valence-corrected chi connectivity index (χ1v) is 8.06. The number of imidazole rings is 1. The lowest BCUT2D eigenvalue weighted by Crippen LogP contribution is -2.44. The Morgan fingerprint density at radius 2 is 2.05 bits per heavy atom. The van der Waals surface area contributed by atoms with Gasteiger partial charge in [0.05, 0.1) is 12.8 Å². The molecule has 7 heteroatoms. The largest absolute Gasteiger partial charge is 0.477 e. The summed E-state index contributed by atoms with van der Waals surface area (Å²) in [5.74, 6) is 0.638. The lowest BCUT2D eigenvalue weighted by atomic mass is 10.3. The van der Waals surface area contributed by atoms with Gasteiger partial charge in [0.25, 0.3) is 0 Å². The summed E-state index contributed by atoms with van der Waals surface area (Å²) < 4.78 is 8.30. The predicted molar refractivity (Wildman–Crippen MR) is 84.7 cm³/mol. The van der Waals surface area contributed by atoms with Crippen molar-refractivity contribution in [1.29, 1.82) is 0 Å². The van der Waals surface area contributed by atoms with Crippen LogP contribution in [0.2, 0.25) is 0 Å². The van der Waals surface area contributed by atoms with E-state index < -0.39 is 0 Å². The average molecular weight is 354 g/mol. The fourth-order valence-corrected chi connectivity index (χ4v) is 2.81. The van der Waals surface area contributed by atoms with Gasteiger partial charge in [-0.15, -0.1) is 5.10 Å². The van der Waals surface area contributed by atoms with Crippen LogP contribution in [0.3, 0.4) is 0 Å². The van der Waals surface area contributed by atoms with Crippen LogP contribution in [0.4, 0.5) is 0 Å². The maximum atomic E-state index is 5.73. The Kier molecular flexibility index (Phi) is 4.72. The second kappa shape index (κ2) is 6.72. The zero-order valence-electron chi connectivity index (χ0n) is 12.2. The number of fused-ring (bicyclic) bond motifs is 1. The molecule has 2 aromatic heterocycles. The Hall–Kier alpha value is -1.18. The summed E-state index contributed by atoms with van der Waals surface area (Å²) in [5.41, 5.74) is 0.812. The molecule has 0 unspecified atom stereocenters. The normalized spacial score (nSPS) is 17.4. The maximum absolute atomic E-state index is 5.73. The Bertz CT molecular complexity index is 594. The predicted octanol–water partition coefficient (Wildman–Crippen LogP) is 1.51. The zero-order valence-corrected chi connectivity index (χ0v) is 13.8. The molecule has 3 heterocycles. The number of nitrogens with zero attached hydrogens (tertiary/aromatic N) is 5. The van der Waals surface area contributed by atoms with Crippen molar-refractivity contribution in [3.8, 4) is 5.88 Å². The third-order valence-electron chi connectivity index (χ3n) is 3.76. The second-order valence-corrected chi connectivity index (χ2v) is 6.18. The number of hydrogen-bond acceptors (Lipinski definition) is 5. The highest BCUT2D eigenvalue weighted by molar-refractivity contribution is 9.10. The van der Waals surface area contributed by atoms with Gasteiger partial charge < -0.3 is 14.5 Å². The lowest BCUT2D eigenvalue weighted by molar-refractivity contribution is 0.145. The molecule has 1 fully saturated rings. The third kappa shape index (κ3) is 3.72. The summed E-state index contributed by atoms with van der Waals surface area (Å²) in [6.07, 6.45) is 2.76. The van der Waals surface area contributed by atoms with Gasteiger partial charge in [0, 0.05) is 38.8 Å². The van der Waals surface area contributed by atoms with Crippen molar-refractivity contribution in [2.24, 2.45) is 0 Å². The molecule has 0 saturated carbocycles. The van der Waals surface area contributed by atoms with Crippen LogP contribution in [0.1, 0.15) is 6.42 Å². The summed E-state index contributed by atoms with van der Waals surface area (Å²) in [6, 6.07) is 3.78. The molecule has 1 saturated heterocycles. The summed E-state index contributed by atoms with van der Waals surface area (Å²) in [7, 11) is 2.18. The Balaban J connectivity index is 1.45. The van der Waals surface area contributed by atoms with Gasteiger partial charge in [0.2, 0.25) is 5.88 Å². The minimum absolute atomic E-state index is 0.638. The molecular weight excluding hydrogens is 334 g/mol. The van der Waals surface area contributed by atoms with Crippen LogP contribution in [-0.2, 0) is 0 Å². The first-order valence-electron chi connectivity index (χ1n) is 7.26. The summed E-state index contributed by atoms with van der Waals surface area (Å²) >= 11 is 3.41. The molecule has 0 atom stereocenters. The third-order valence-corrected chi connectivity index (χ3v) is 4.30. The van der Waals surface area contributed by atoms with Crippen LogP contribution in [0.5, 0.6) is 5.88 Å². The van der Waals surface area contributed by atoms with E-state index in [1.54, 1.807) is 10.7 Å². The summed E-state index contributed by atoms with van der Waals surface area (Å²) in [4.78, 5) is 9.07. The van der Waals surface area contributed by atoms with E-state index in [4.69, 9.17) is 4.74 Å². The standard InChI is InChI=1S/C14H20BrN5O/c1-18-6-8-19(9-7-18)5-2-10-21-14-4-3-13-16-11-12(15)20(13)17-14/h3-4,11H,2,5-10H2,1H3. The Morgan fingerprint density at radius 3 is 2.86 bits per heavy atom. The maximum Gasteiger partial charge on any atom is 0.231 e. The van der Waals surface area contributed by atoms with Gasteiger partial charge >= 0.3 is 0 Å². The molecule has 0 aliphatic carbocycles.